The highest BCUT2D eigenvalue weighted by atomic mass is 127. The molecule has 17 heavy (non-hydrogen) atoms. The topological polar surface area (TPSA) is 46.2 Å². The summed E-state index contributed by atoms with van der Waals surface area (Å²) in [7, 11) is 0. The van der Waals surface area contributed by atoms with E-state index in [4.69, 9.17) is 5.73 Å². The van der Waals surface area contributed by atoms with Gasteiger partial charge in [-0.25, -0.2) is 0 Å². The number of hydrogen-bond donors (Lipinski definition) is 2. The van der Waals surface area contributed by atoms with E-state index in [-0.39, 0.29) is 5.92 Å². The molecule has 0 heterocycles. The van der Waals surface area contributed by atoms with Gasteiger partial charge in [-0.05, 0) is 64.6 Å². The van der Waals surface area contributed by atoms with Crippen LogP contribution in [-0.4, -0.2) is 17.3 Å². The van der Waals surface area contributed by atoms with Crippen molar-refractivity contribution in [3.8, 4) is 0 Å². The second-order valence-electron chi connectivity index (χ2n) is 5.37. The molecular weight excluding hydrogens is 325 g/mol. The highest BCUT2D eigenvalue weighted by Crippen LogP contribution is 2.43. The van der Waals surface area contributed by atoms with Crippen LogP contribution in [0.25, 0.3) is 0 Å². The van der Waals surface area contributed by atoms with Crippen molar-refractivity contribution in [2.24, 2.45) is 11.7 Å². The number of nitrogens with two attached hydrogens (primary N) is 1. The number of aliphatic hydroxyl groups is 1. The molecule has 0 saturated heterocycles. The molecule has 2 unspecified atom stereocenters. The van der Waals surface area contributed by atoms with Gasteiger partial charge in [-0.2, -0.15) is 0 Å². The number of halogens is 1. The van der Waals surface area contributed by atoms with E-state index >= 15 is 0 Å². The molecule has 1 aliphatic carbocycles. The van der Waals surface area contributed by atoms with E-state index in [1.807, 2.05) is 0 Å². The zero-order valence-corrected chi connectivity index (χ0v) is 12.6. The van der Waals surface area contributed by atoms with Crippen molar-refractivity contribution in [1.82, 2.24) is 0 Å². The van der Waals surface area contributed by atoms with Gasteiger partial charge in [0.2, 0.25) is 0 Å². The van der Waals surface area contributed by atoms with E-state index in [1.54, 1.807) is 0 Å². The molecule has 2 atom stereocenters. The monoisotopic (exact) mass is 345 g/mol. The number of fused-ring (bicyclic) bond motifs is 1. The first kappa shape index (κ1) is 13.3. The van der Waals surface area contributed by atoms with Crippen LogP contribution < -0.4 is 5.73 Å². The molecule has 1 aliphatic rings. The Morgan fingerprint density at radius 1 is 1.53 bits per heavy atom. The van der Waals surface area contributed by atoms with Gasteiger partial charge >= 0.3 is 0 Å². The van der Waals surface area contributed by atoms with Crippen molar-refractivity contribution in [3.63, 3.8) is 0 Å². The number of benzene rings is 1. The molecule has 0 aliphatic heterocycles. The normalized spacial score (nSPS) is 28.2. The fourth-order valence-corrected chi connectivity index (χ4v) is 3.65. The van der Waals surface area contributed by atoms with Gasteiger partial charge in [0.1, 0.15) is 0 Å². The van der Waals surface area contributed by atoms with Crippen LogP contribution in [0.5, 0.6) is 0 Å². The minimum absolute atomic E-state index is 0.160. The molecule has 1 aromatic rings. The minimum Gasteiger partial charge on any atom is -0.388 e. The average Bonchev–Trinajstić information content (AvgIpc) is 2.29. The second kappa shape index (κ2) is 4.86. The van der Waals surface area contributed by atoms with Gasteiger partial charge in [-0.1, -0.05) is 19.9 Å². The zero-order chi connectivity index (χ0) is 12.6. The standard InChI is InChI=1S/C14H20INO/c1-9(2)13-12-4-3-11(15)7-10(12)5-6-14(13,17)8-16/h3-4,7,9,13,17H,5-6,8,16H2,1-2H3. The molecule has 0 amide bonds. The molecule has 0 bridgehead atoms. The third-order valence-corrected chi connectivity index (χ3v) is 4.54. The van der Waals surface area contributed by atoms with Crippen LogP contribution in [0.4, 0.5) is 0 Å². The van der Waals surface area contributed by atoms with Crippen molar-refractivity contribution in [2.45, 2.75) is 38.2 Å². The Hall–Kier alpha value is -0.130. The summed E-state index contributed by atoms with van der Waals surface area (Å²) in [6.45, 7) is 4.68. The lowest BCUT2D eigenvalue weighted by molar-refractivity contribution is -0.00878. The van der Waals surface area contributed by atoms with Crippen LogP contribution >= 0.6 is 22.6 Å². The first-order valence-electron chi connectivity index (χ1n) is 6.18. The highest BCUT2D eigenvalue weighted by Gasteiger charge is 2.42. The summed E-state index contributed by atoms with van der Waals surface area (Å²) < 4.78 is 1.27. The Morgan fingerprint density at radius 3 is 2.82 bits per heavy atom. The molecular formula is C14H20INO. The van der Waals surface area contributed by atoms with E-state index in [1.165, 1.54) is 14.7 Å². The number of hydrogen-bond acceptors (Lipinski definition) is 2. The van der Waals surface area contributed by atoms with Gasteiger partial charge in [0.15, 0.2) is 0 Å². The molecule has 3 heteroatoms. The van der Waals surface area contributed by atoms with Gasteiger partial charge in [-0.15, -0.1) is 0 Å². The van der Waals surface area contributed by atoms with Crippen molar-refractivity contribution in [2.75, 3.05) is 6.54 Å². The van der Waals surface area contributed by atoms with E-state index in [2.05, 4.69) is 54.6 Å². The minimum atomic E-state index is -0.728. The largest absolute Gasteiger partial charge is 0.388 e. The van der Waals surface area contributed by atoms with E-state index in [0.29, 0.717) is 12.5 Å². The maximum Gasteiger partial charge on any atom is 0.0843 e. The summed E-state index contributed by atoms with van der Waals surface area (Å²) in [4.78, 5) is 0. The summed E-state index contributed by atoms with van der Waals surface area (Å²) in [5.41, 5.74) is 7.75. The second-order valence-corrected chi connectivity index (χ2v) is 6.62. The predicted molar refractivity (Wildman–Crippen MR) is 79.1 cm³/mol. The number of aryl methyl sites for hydroxylation is 1. The zero-order valence-electron chi connectivity index (χ0n) is 10.4. The smallest absolute Gasteiger partial charge is 0.0843 e. The summed E-state index contributed by atoms with van der Waals surface area (Å²) >= 11 is 2.34. The SMILES string of the molecule is CC(C)C1c2ccc(I)cc2CCC1(O)CN. The van der Waals surface area contributed by atoms with Gasteiger partial charge in [0.05, 0.1) is 5.60 Å². The Balaban J connectivity index is 2.50. The molecule has 0 spiro atoms. The van der Waals surface area contributed by atoms with Crippen LogP contribution in [0.2, 0.25) is 0 Å². The molecule has 1 aromatic carbocycles. The Morgan fingerprint density at radius 2 is 2.24 bits per heavy atom. The van der Waals surface area contributed by atoms with Crippen molar-refractivity contribution < 1.29 is 5.11 Å². The van der Waals surface area contributed by atoms with Gasteiger partial charge < -0.3 is 10.8 Å². The first-order chi connectivity index (χ1) is 7.98. The van der Waals surface area contributed by atoms with Crippen LogP contribution in [0.15, 0.2) is 18.2 Å². The van der Waals surface area contributed by atoms with Gasteiger partial charge in [0, 0.05) is 16.0 Å². The fraction of sp³-hybridized carbons (Fsp3) is 0.571. The molecule has 0 saturated carbocycles. The highest BCUT2D eigenvalue weighted by molar-refractivity contribution is 14.1. The van der Waals surface area contributed by atoms with Gasteiger partial charge in [-0.3, -0.25) is 0 Å². The van der Waals surface area contributed by atoms with Crippen LogP contribution in [0, 0.1) is 9.49 Å². The molecule has 2 nitrogen and oxygen atoms in total. The lowest BCUT2D eigenvalue weighted by atomic mass is 9.67. The average molecular weight is 345 g/mol. The summed E-state index contributed by atoms with van der Waals surface area (Å²) in [5.74, 6) is 0.566. The Labute approximate surface area is 117 Å². The molecule has 94 valence electrons. The maximum atomic E-state index is 10.7. The summed E-state index contributed by atoms with van der Waals surface area (Å²) in [6, 6.07) is 6.53. The fourth-order valence-electron chi connectivity index (χ4n) is 3.10. The van der Waals surface area contributed by atoms with E-state index < -0.39 is 5.60 Å². The number of rotatable bonds is 2. The Kier molecular flexibility index (Phi) is 3.80. The lowest BCUT2D eigenvalue weighted by Crippen LogP contribution is -2.48. The lowest BCUT2D eigenvalue weighted by Gasteiger charge is -2.43. The third kappa shape index (κ3) is 2.37. The molecule has 0 radical (unpaired) electrons. The van der Waals surface area contributed by atoms with Crippen LogP contribution in [-0.2, 0) is 6.42 Å². The van der Waals surface area contributed by atoms with Crippen molar-refractivity contribution in [1.29, 1.82) is 0 Å². The predicted octanol–water partition coefficient (Wildman–Crippen LogP) is 2.67. The quantitative estimate of drug-likeness (QED) is 0.810. The molecule has 2 rings (SSSR count). The summed E-state index contributed by atoms with van der Waals surface area (Å²) in [5, 5.41) is 10.7. The third-order valence-electron chi connectivity index (χ3n) is 3.87. The van der Waals surface area contributed by atoms with Crippen molar-refractivity contribution in [3.05, 3.63) is 32.9 Å². The summed E-state index contributed by atoms with van der Waals surface area (Å²) in [6.07, 6.45) is 1.71. The van der Waals surface area contributed by atoms with Crippen LogP contribution in [0.3, 0.4) is 0 Å². The van der Waals surface area contributed by atoms with Crippen molar-refractivity contribution >= 4 is 22.6 Å². The van der Waals surface area contributed by atoms with E-state index in [0.717, 1.165) is 12.8 Å². The van der Waals surface area contributed by atoms with Crippen LogP contribution in [0.1, 0.15) is 37.3 Å². The van der Waals surface area contributed by atoms with Gasteiger partial charge in [0.25, 0.3) is 0 Å². The Bertz CT molecular complexity index is 419. The molecule has 0 fully saturated rings. The maximum absolute atomic E-state index is 10.7. The molecule has 3 N–H and O–H groups in total. The molecule has 0 aromatic heterocycles. The first-order valence-corrected chi connectivity index (χ1v) is 7.26. The van der Waals surface area contributed by atoms with E-state index in [9.17, 15) is 5.11 Å².